The molecular weight excluding hydrogens is 454 g/mol. The molecule has 0 saturated heterocycles. The molecule has 2 aromatic rings. The molecule has 10 heteroatoms. The minimum Gasteiger partial charge on any atom is -0.480 e. The van der Waals surface area contributed by atoms with Crippen LogP contribution >= 0.6 is 0 Å². The summed E-state index contributed by atoms with van der Waals surface area (Å²) in [6.07, 6.45) is 3.37. The average molecular weight is 488 g/mol. The number of amides is 1. The van der Waals surface area contributed by atoms with E-state index in [0.717, 1.165) is 18.4 Å². The molecule has 1 amide bonds. The second kappa shape index (κ2) is 12.4. The molecule has 2 N–H and O–H groups in total. The van der Waals surface area contributed by atoms with Crippen molar-refractivity contribution in [3.05, 3.63) is 36.2 Å². The van der Waals surface area contributed by atoms with Crippen molar-refractivity contribution in [2.24, 2.45) is 11.3 Å². The van der Waals surface area contributed by atoms with Gasteiger partial charge >= 0.3 is 11.9 Å². The van der Waals surface area contributed by atoms with Gasteiger partial charge in [0.15, 0.2) is 0 Å². The van der Waals surface area contributed by atoms with Crippen molar-refractivity contribution in [1.29, 1.82) is 0 Å². The summed E-state index contributed by atoms with van der Waals surface area (Å²) < 4.78 is 15.6. The number of esters is 1. The molecule has 190 valence electrons. The number of nitrogens with one attached hydrogen (secondary N) is 1. The van der Waals surface area contributed by atoms with Crippen LogP contribution in [0.4, 0.5) is 0 Å². The minimum absolute atomic E-state index is 0.113. The second-order valence-corrected chi connectivity index (χ2v) is 8.87. The maximum absolute atomic E-state index is 13.5. The number of aromatic nitrogens is 2. The first-order chi connectivity index (χ1) is 16.9. The smallest absolute Gasteiger partial charge is 0.326 e. The lowest BCUT2D eigenvalue weighted by molar-refractivity contribution is -0.152. The predicted molar refractivity (Wildman–Crippen MR) is 125 cm³/mol. The summed E-state index contributed by atoms with van der Waals surface area (Å²) in [6, 6.07) is 7.92. The van der Waals surface area contributed by atoms with Crippen LogP contribution in [-0.4, -0.2) is 59.5 Å². The first kappa shape index (κ1) is 26.3. The Hall–Kier alpha value is -3.27. The molecule has 1 aliphatic rings. The Morgan fingerprint density at radius 3 is 2.54 bits per heavy atom. The molecule has 1 aromatic heterocycles. The van der Waals surface area contributed by atoms with Crippen molar-refractivity contribution in [2.45, 2.75) is 57.9 Å². The Kier molecular flexibility index (Phi) is 9.36. The van der Waals surface area contributed by atoms with E-state index in [0.29, 0.717) is 31.7 Å². The first-order valence-electron chi connectivity index (χ1n) is 12.0. The van der Waals surface area contributed by atoms with Crippen LogP contribution in [0, 0.1) is 11.3 Å². The average Bonchev–Trinajstić information content (AvgIpc) is 3.52. The van der Waals surface area contributed by atoms with Crippen LogP contribution in [0.3, 0.4) is 0 Å². The molecular formula is C25H33N3O7. The SMILES string of the molecule is CCOC(=O)[C@H](CCOC)CC1(C(=O)N[C@@H](Cc2nc(-c3ccccc3)no2)C(=O)O)CCCC1. The van der Waals surface area contributed by atoms with Crippen LogP contribution in [-0.2, 0) is 30.3 Å². The number of carboxylic acids is 1. The highest BCUT2D eigenvalue weighted by molar-refractivity contribution is 5.88. The monoisotopic (exact) mass is 487 g/mol. The summed E-state index contributed by atoms with van der Waals surface area (Å²) in [7, 11) is 1.55. The summed E-state index contributed by atoms with van der Waals surface area (Å²) in [5.41, 5.74) is -0.104. The van der Waals surface area contributed by atoms with E-state index in [4.69, 9.17) is 14.0 Å². The lowest BCUT2D eigenvalue weighted by Crippen LogP contribution is -2.49. The van der Waals surface area contributed by atoms with Gasteiger partial charge in [-0.15, -0.1) is 0 Å². The number of carboxylic acid groups (broad SMARTS) is 1. The molecule has 35 heavy (non-hydrogen) atoms. The lowest BCUT2D eigenvalue weighted by atomic mass is 9.75. The van der Waals surface area contributed by atoms with E-state index in [1.165, 1.54) is 0 Å². The van der Waals surface area contributed by atoms with Gasteiger partial charge in [0.05, 0.1) is 24.4 Å². The Morgan fingerprint density at radius 2 is 1.91 bits per heavy atom. The number of benzene rings is 1. The number of hydrogen-bond donors (Lipinski definition) is 2. The minimum atomic E-state index is -1.25. The largest absolute Gasteiger partial charge is 0.480 e. The van der Waals surface area contributed by atoms with Gasteiger partial charge in [-0.25, -0.2) is 4.79 Å². The standard InChI is InChI=1S/C25H33N3O7/c1-3-34-23(31)18(11-14-33-2)16-25(12-7-8-13-25)24(32)26-19(22(29)30)15-20-27-21(28-35-20)17-9-5-4-6-10-17/h4-6,9-10,18-19H,3,7-8,11-16H2,1-2H3,(H,26,32)(H,29,30)/t18-,19+/m1/s1. The van der Waals surface area contributed by atoms with Gasteiger partial charge in [-0.1, -0.05) is 48.3 Å². The zero-order chi connectivity index (χ0) is 25.3. The Balaban J connectivity index is 1.73. The fourth-order valence-electron chi connectivity index (χ4n) is 4.60. The van der Waals surface area contributed by atoms with E-state index in [1.807, 2.05) is 30.3 Å². The maximum Gasteiger partial charge on any atom is 0.326 e. The third kappa shape index (κ3) is 6.88. The Morgan fingerprint density at radius 1 is 1.20 bits per heavy atom. The van der Waals surface area contributed by atoms with Crippen LogP contribution in [0.2, 0.25) is 0 Å². The highest BCUT2D eigenvalue weighted by Crippen LogP contribution is 2.44. The molecule has 0 bridgehead atoms. The summed E-state index contributed by atoms with van der Waals surface area (Å²) in [6.45, 7) is 2.35. The van der Waals surface area contributed by atoms with Crippen LogP contribution in [0.5, 0.6) is 0 Å². The quantitative estimate of drug-likeness (QED) is 0.408. The van der Waals surface area contributed by atoms with E-state index in [1.54, 1.807) is 14.0 Å². The molecule has 2 atom stereocenters. The van der Waals surface area contributed by atoms with Crippen molar-refractivity contribution >= 4 is 17.8 Å². The van der Waals surface area contributed by atoms with Crippen LogP contribution < -0.4 is 5.32 Å². The van der Waals surface area contributed by atoms with Gasteiger partial charge in [-0.3, -0.25) is 9.59 Å². The Labute approximate surface area is 204 Å². The molecule has 10 nitrogen and oxygen atoms in total. The first-order valence-corrected chi connectivity index (χ1v) is 12.0. The third-order valence-electron chi connectivity index (χ3n) is 6.45. The van der Waals surface area contributed by atoms with Gasteiger partial charge in [0.25, 0.3) is 0 Å². The fourth-order valence-corrected chi connectivity index (χ4v) is 4.60. The van der Waals surface area contributed by atoms with Crippen molar-refractivity contribution in [2.75, 3.05) is 20.3 Å². The molecule has 1 fully saturated rings. The van der Waals surface area contributed by atoms with Gasteiger partial charge in [0.2, 0.25) is 17.6 Å². The summed E-state index contributed by atoms with van der Waals surface area (Å²) in [5.74, 6) is -1.99. The van der Waals surface area contributed by atoms with Crippen molar-refractivity contribution in [1.82, 2.24) is 15.5 Å². The number of aliphatic carboxylic acids is 1. The van der Waals surface area contributed by atoms with E-state index in [-0.39, 0.29) is 37.2 Å². The molecule has 1 aliphatic carbocycles. The molecule has 1 heterocycles. The van der Waals surface area contributed by atoms with Gasteiger partial charge in [-0.2, -0.15) is 4.98 Å². The molecule has 1 saturated carbocycles. The number of rotatable bonds is 13. The molecule has 0 radical (unpaired) electrons. The molecule has 0 spiro atoms. The number of carbonyl (C=O) groups excluding carboxylic acids is 2. The van der Waals surface area contributed by atoms with E-state index in [2.05, 4.69) is 15.5 Å². The van der Waals surface area contributed by atoms with E-state index < -0.39 is 23.3 Å². The van der Waals surface area contributed by atoms with Gasteiger partial charge in [0, 0.05) is 19.3 Å². The summed E-state index contributed by atoms with van der Waals surface area (Å²) in [4.78, 5) is 42.3. The molecule has 3 rings (SSSR count). The van der Waals surface area contributed by atoms with E-state index in [9.17, 15) is 19.5 Å². The van der Waals surface area contributed by atoms with Crippen molar-refractivity contribution < 1.29 is 33.5 Å². The zero-order valence-corrected chi connectivity index (χ0v) is 20.2. The fraction of sp³-hybridized carbons (Fsp3) is 0.560. The highest BCUT2D eigenvalue weighted by Gasteiger charge is 2.45. The predicted octanol–water partition coefficient (Wildman–Crippen LogP) is 3.01. The van der Waals surface area contributed by atoms with Crippen molar-refractivity contribution in [3.8, 4) is 11.4 Å². The highest BCUT2D eigenvalue weighted by atomic mass is 16.5. The topological polar surface area (TPSA) is 141 Å². The third-order valence-corrected chi connectivity index (χ3v) is 6.45. The number of hydrogen-bond acceptors (Lipinski definition) is 8. The van der Waals surface area contributed by atoms with E-state index >= 15 is 0 Å². The number of carbonyl (C=O) groups is 3. The number of methoxy groups -OCH3 is 1. The summed E-state index contributed by atoms with van der Waals surface area (Å²) >= 11 is 0. The second-order valence-electron chi connectivity index (χ2n) is 8.87. The number of nitrogens with zero attached hydrogens (tertiary/aromatic N) is 2. The van der Waals surface area contributed by atoms with Crippen LogP contribution in [0.1, 0.15) is 51.3 Å². The van der Waals surface area contributed by atoms with Crippen molar-refractivity contribution in [3.63, 3.8) is 0 Å². The molecule has 1 aromatic carbocycles. The molecule has 0 aliphatic heterocycles. The van der Waals surface area contributed by atoms with Crippen LogP contribution in [0.25, 0.3) is 11.4 Å². The lowest BCUT2D eigenvalue weighted by Gasteiger charge is -2.32. The zero-order valence-electron chi connectivity index (χ0n) is 20.2. The number of ether oxygens (including phenoxy) is 2. The van der Waals surface area contributed by atoms with Gasteiger partial charge in [-0.05, 0) is 32.6 Å². The summed E-state index contributed by atoms with van der Waals surface area (Å²) in [5, 5.41) is 16.4. The maximum atomic E-state index is 13.5. The Bertz CT molecular complexity index is 986. The molecule has 0 unspecified atom stereocenters. The normalized spacial score (nSPS) is 16.4. The van der Waals surface area contributed by atoms with Crippen LogP contribution in [0.15, 0.2) is 34.9 Å². The van der Waals surface area contributed by atoms with Gasteiger partial charge in [0.1, 0.15) is 6.04 Å². The van der Waals surface area contributed by atoms with Gasteiger partial charge < -0.3 is 24.4 Å².